The molecule has 1 aliphatic heterocycles. The molecule has 1 fully saturated rings. The smallest absolute Gasteiger partial charge is 0.137 e. The zero-order chi connectivity index (χ0) is 17.5. The summed E-state index contributed by atoms with van der Waals surface area (Å²) in [5.41, 5.74) is 6.62. The highest BCUT2D eigenvalue weighted by molar-refractivity contribution is 5.88. The molecule has 4 N–H and O–H groups in total. The van der Waals surface area contributed by atoms with Gasteiger partial charge in [-0.2, -0.15) is 0 Å². The first-order chi connectivity index (χ1) is 12.3. The van der Waals surface area contributed by atoms with Crippen LogP contribution in [0.3, 0.4) is 0 Å². The molecule has 136 valence electrons. The standard InChI is InChI=1S/C19H29N5O/c20-9-8-18-22-17-7-2-1-6-16(17)19(23-18)21-10-4-12-24-11-3-5-15(13-24)14-25/h1-2,6-7,15,25H,3-5,8-14,20H2,(H,21,22,23)/t15-/m1/s1. The molecule has 1 aromatic carbocycles. The number of benzene rings is 1. The van der Waals surface area contributed by atoms with Crippen LogP contribution in [0.1, 0.15) is 25.1 Å². The highest BCUT2D eigenvalue weighted by atomic mass is 16.3. The molecule has 1 atom stereocenters. The second-order valence-corrected chi connectivity index (χ2v) is 6.82. The van der Waals surface area contributed by atoms with E-state index in [2.05, 4.69) is 26.3 Å². The molecule has 0 spiro atoms. The van der Waals surface area contributed by atoms with Gasteiger partial charge in [0, 0.05) is 31.5 Å². The number of fused-ring (bicyclic) bond motifs is 1. The third-order valence-corrected chi connectivity index (χ3v) is 4.82. The van der Waals surface area contributed by atoms with Crippen molar-refractivity contribution in [3.63, 3.8) is 0 Å². The van der Waals surface area contributed by atoms with Gasteiger partial charge in [-0.25, -0.2) is 9.97 Å². The SMILES string of the molecule is NCCc1nc(NCCCN2CCC[C@@H](CO)C2)c2ccccc2n1. The van der Waals surface area contributed by atoms with E-state index in [1.807, 2.05) is 18.2 Å². The van der Waals surface area contributed by atoms with Crippen LogP contribution in [0.4, 0.5) is 5.82 Å². The lowest BCUT2D eigenvalue weighted by atomic mass is 9.99. The van der Waals surface area contributed by atoms with E-state index in [4.69, 9.17) is 5.73 Å². The molecule has 2 heterocycles. The molecule has 6 nitrogen and oxygen atoms in total. The van der Waals surface area contributed by atoms with Crippen molar-refractivity contribution in [3.05, 3.63) is 30.1 Å². The summed E-state index contributed by atoms with van der Waals surface area (Å²) in [5.74, 6) is 2.15. The molecule has 3 rings (SSSR count). The number of aromatic nitrogens is 2. The number of nitrogens with zero attached hydrogens (tertiary/aromatic N) is 3. The topological polar surface area (TPSA) is 87.3 Å². The molecule has 0 radical (unpaired) electrons. The van der Waals surface area contributed by atoms with Crippen molar-refractivity contribution in [1.82, 2.24) is 14.9 Å². The van der Waals surface area contributed by atoms with E-state index in [1.54, 1.807) is 0 Å². The predicted octanol–water partition coefficient (Wildman–Crippen LogP) is 1.64. The van der Waals surface area contributed by atoms with Gasteiger partial charge in [0.1, 0.15) is 11.6 Å². The van der Waals surface area contributed by atoms with Crippen molar-refractivity contribution in [2.24, 2.45) is 11.7 Å². The van der Waals surface area contributed by atoms with Crippen molar-refractivity contribution in [2.75, 3.05) is 44.6 Å². The average Bonchev–Trinajstić information content (AvgIpc) is 2.65. The van der Waals surface area contributed by atoms with Gasteiger partial charge in [0.15, 0.2) is 0 Å². The molecule has 0 amide bonds. The minimum atomic E-state index is 0.311. The van der Waals surface area contributed by atoms with E-state index in [9.17, 15) is 5.11 Å². The summed E-state index contributed by atoms with van der Waals surface area (Å²) in [4.78, 5) is 11.7. The first kappa shape index (κ1) is 18.0. The maximum absolute atomic E-state index is 9.34. The third-order valence-electron chi connectivity index (χ3n) is 4.82. The Kier molecular flexibility index (Phi) is 6.55. The van der Waals surface area contributed by atoms with Gasteiger partial charge in [-0.1, -0.05) is 12.1 Å². The quantitative estimate of drug-likeness (QED) is 0.632. The number of nitrogens with one attached hydrogen (secondary N) is 1. The normalized spacial score (nSPS) is 18.6. The van der Waals surface area contributed by atoms with Crippen LogP contribution in [0.15, 0.2) is 24.3 Å². The Labute approximate surface area is 149 Å². The van der Waals surface area contributed by atoms with Crippen LogP contribution in [0.2, 0.25) is 0 Å². The number of likely N-dealkylation sites (tertiary alicyclic amines) is 1. The number of aliphatic hydroxyl groups is 1. The summed E-state index contributed by atoms with van der Waals surface area (Å²) < 4.78 is 0. The van der Waals surface area contributed by atoms with Crippen LogP contribution in [0.25, 0.3) is 10.9 Å². The van der Waals surface area contributed by atoms with Gasteiger partial charge in [0.2, 0.25) is 0 Å². The predicted molar refractivity (Wildman–Crippen MR) is 102 cm³/mol. The molecule has 1 aromatic heterocycles. The zero-order valence-corrected chi connectivity index (χ0v) is 14.8. The molecule has 6 heteroatoms. The lowest BCUT2D eigenvalue weighted by Crippen LogP contribution is -2.37. The van der Waals surface area contributed by atoms with Crippen LogP contribution in [0, 0.1) is 5.92 Å². The second kappa shape index (κ2) is 9.08. The minimum Gasteiger partial charge on any atom is -0.396 e. The van der Waals surface area contributed by atoms with Gasteiger partial charge < -0.3 is 21.1 Å². The fourth-order valence-corrected chi connectivity index (χ4v) is 3.51. The Bertz CT molecular complexity index is 678. The Balaban J connectivity index is 1.57. The van der Waals surface area contributed by atoms with Crippen molar-refractivity contribution < 1.29 is 5.11 Å². The highest BCUT2D eigenvalue weighted by Crippen LogP contribution is 2.20. The summed E-state index contributed by atoms with van der Waals surface area (Å²) in [5, 5.41) is 13.9. The first-order valence-corrected chi connectivity index (χ1v) is 9.33. The van der Waals surface area contributed by atoms with E-state index in [0.29, 0.717) is 25.5 Å². The first-order valence-electron chi connectivity index (χ1n) is 9.33. The van der Waals surface area contributed by atoms with E-state index in [-0.39, 0.29) is 0 Å². The van der Waals surface area contributed by atoms with Gasteiger partial charge in [-0.3, -0.25) is 0 Å². The number of rotatable bonds is 8. The van der Waals surface area contributed by atoms with Crippen molar-refractivity contribution in [1.29, 1.82) is 0 Å². The summed E-state index contributed by atoms with van der Waals surface area (Å²) >= 11 is 0. The Morgan fingerprint density at radius 1 is 1.28 bits per heavy atom. The molecule has 0 saturated carbocycles. The van der Waals surface area contributed by atoms with Gasteiger partial charge in [-0.15, -0.1) is 0 Å². The lowest BCUT2D eigenvalue weighted by molar-refractivity contribution is 0.120. The fraction of sp³-hybridized carbons (Fsp3) is 0.579. The summed E-state index contributed by atoms with van der Waals surface area (Å²) in [6, 6.07) is 8.09. The van der Waals surface area contributed by atoms with E-state index in [1.165, 1.54) is 6.42 Å². The Morgan fingerprint density at radius 2 is 2.16 bits per heavy atom. The van der Waals surface area contributed by atoms with Crippen molar-refractivity contribution >= 4 is 16.7 Å². The van der Waals surface area contributed by atoms with E-state index in [0.717, 1.165) is 61.6 Å². The molecule has 0 unspecified atom stereocenters. The number of piperidine rings is 1. The van der Waals surface area contributed by atoms with Gasteiger partial charge in [0.25, 0.3) is 0 Å². The summed E-state index contributed by atoms with van der Waals surface area (Å²) in [7, 11) is 0. The van der Waals surface area contributed by atoms with Crippen LogP contribution in [0.5, 0.6) is 0 Å². The monoisotopic (exact) mass is 343 g/mol. The average molecular weight is 343 g/mol. The zero-order valence-electron chi connectivity index (χ0n) is 14.8. The molecule has 0 bridgehead atoms. The van der Waals surface area contributed by atoms with E-state index < -0.39 is 0 Å². The lowest BCUT2D eigenvalue weighted by Gasteiger charge is -2.31. The largest absolute Gasteiger partial charge is 0.396 e. The summed E-state index contributed by atoms with van der Waals surface area (Å²) in [6.45, 7) is 4.97. The van der Waals surface area contributed by atoms with Crippen LogP contribution in [-0.2, 0) is 6.42 Å². The van der Waals surface area contributed by atoms with E-state index >= 15 is 0 Å². The Morgan fingerprint density at radius 3 is 3.00 bits per heavy atom. The molecular formula is C19H29N5O. The fourth-order valence-electron chi connectivity index (χ4n) is 3.51. The number of aliphatic hydroxyl groups excluding tert-OH is 1. The number of hydrogen-bond donors (Lipinski definition) is 3. The molecule has 1 saturated heterocycles. The van der Waals surface area contributed by atoms with Crippen molar-refractivity contribution in [3.8, 4) is 0 Å². The second-order valence-electron chi connectivity index (χ2n) is 6.82. The summed E-state index contributed by atoms with van der Waals surface area (Å²) in [6.07, 6.45) is 4.10. The maximum atomic E-state index is 9.34. The molecule has 2 aromatic rings. The molecule has 1 aliphatic rings. The van der Waals surface area contributed by atoms with Gasteiger partial charge in [-0.05, 0) is 56.9 Å². The number of anilines is 1. The van der Waals surface area contributed by atoms with Gasteiger partial charge >= 0.3 is 0 Å². The number of nitrogens with two attached hydrogens (primary N) is 1. The number of hydrogen-bond acceptors (Lipinski definition) is 6. The molecule has 0 aliphatic carbocycles. The Hall–Kier alpha value is -1.76. The minimum absolute atomic E-state index is 0.311. The highest BCUT2D eigenvalue weighted by Gasteiger charge is 2.18. The van der Waals surface area contributed by atoms with Gasteiger partial charge in [0.05, 0.1) is 5.52 Å². The maximum Gasteiger partial charge on any atom is 0.137 e. The number of para-hydroxylation sites is 1. The van der Waals surface area contributed by atoms with Crippen LogP contribution < -0.4 is 11.1 Å². The van der Waals surface area contributed by atoms with Crippen LogP contribution >= 0.6 is 0 Å². The van der Waals surface area contributed by atoms with Crippen molar-refractivity contribution in [2.45, 2.75) is 25.7 Å². The third kappa shape index (κ3) is 4.87. The molecular weight excluding hydrogens is 314 g/mol. The molecule has 25 heavy (non-hydrogen) atoms. The van der Waals surface area contributed by atoms with Crippen LogP contribution in [-0.4, -0.2) is 59.3 Å².